The molecule has 0 aliphatic heterocycles. The number of benzene rings is 2. The minimum atomic E-state index is -0.526. The maximum Gasteiger partial charge on any atom is 0.308 e. The minimum absolute atomic E-state index is 0.0137. The van der Waals surface area contributed by atoms with Crippen LogP contribution < -0.4 is 4.74 Å². The molecule has 0 fully saturated rings. The fourth-order valence-corrected chi connectivity index (χ4v) is 2.36. The largest absolute Gasteiger partial charge is 0.425 e. The summed E-state index contributed by atoms with van der Waals surface area (Å²) in [4.78, 5) is 23.3. The van der Waals surface area contributed by atoms with Crippen LogP contribution >= 0.6 is 34.8 Å². The quantitative estimate of drug-likeness (QED) is 0.456. The molecule has 0 aliphatic carbocycles. The molecule has 2 aromatic rings. The van der Waals surface area contributed by atoms with E-state index in [4.69, 9.17) is 39.5 Å². The van der Waals surface area contributed by atoms with Crippen LogP contribution in [0.1, 0.15) is 22.8 Å². The van der Waals surface area contributed by atoms with Crippen molar-refractivity contribution in [2.75, 3.05) is 0 Å². The highest BCUT2D eigenvalue weighted by molar-refractivity contribution is 6.45. The Morgan fingerprint density at radius 3 is 2.33 bits per heavy atom. The fourth-order valence-electron chi connectivity index (χ4n) is 1.73. The van der Waals surface area contributed by atoms with Gasteiger partial charge in [-0.3, -0.25) is 9.59 Å². The first-order chi connectivity index (χ1) is 9.90. The predicted molar refractivity (Wildman–Crippen MR) is 82.7 cm³/mol. The monoisotopic (exact) mass is 342 g/mol. The van der Waals surface area contributed by atoms with E-state index in [0.29, 0.717) is 10.6 Å². The fraction of sp³-hybridized carbons (Fsp3) is 0.0667. The summed E-state index contributed by atoms with van der Waals surface area (Å²) in [6, 6.07) is 9.37. The molecule has 0 saturated carbocycles. The molecule has 3 nitrogen and oxygen atoms in total. The topological polar surface area (TPSA) is 43.4 Å². The van der Waals surface area contributed by atoms with Gasteiger partial charge in [-0.05, 0) is 24.3 Å². The molecule has 0 radical (unpaired) electrons. The lowest BCUT2D eigenvalue weighted by Crippen LogP contribution is -2.05. The Hall–Kier alpha value is -1.55. The van der Waals surface area contributed by atoms with E-state index in [2.05, 4.69) is 0 Å². The summed E-state index contributed by atoms with van der Waals surface area (Å²) in [7, 11) is 0. The number of carbonyl (C=O) groups excluding carboxylic acids is 2. The van der Waals surface area contributed by atoms with Crippen LogP contribution in [0.25, 0.3) is 0 Å². The molecule has 2 rings (SSSR count). The van der Waals surface area contributed by atoms with E-state index in [1.54, 1.807) is 18.2 Å². The van der Waals surface area contributed by atoms with Gasteiger partial charge in [-0.15, -0.1) is 0 Å². The normalized spacial score (nSPS) is 10.3. The summed E-state index contributed by atoms with van der Waals surface area (Å²) < 4.78 is 4.90. The van der Waals surface area contributed by atoms with Gasteiger partial charge in [0.15, 0.2) is 11.5 Å². The number of hydrogen-bond acceptors (Lipinski definition) is 3. The maximum absolute atomic E-state index is 12.4. The molecule has 0 N–H and O–H groups in total. The molecule has 0 aliphatic rings. The molecule has 6 heteroatoms. The van der Waals surface area contributed by atoms with E-state index in [-0.39, 0.29) is 27.1 Å². The van der Waals surface area contributed by atoms with Gasteiger partial charge in [0.2, 0.25) is 0 Å². The molecule has 0 saturated heterocycles. The molecule has 2 aromatic carbocycles. The minimum Gasteiger partial charge on any atom is -0.425 e. The standard InChI is InChI=1S/C15H9Cl3O3/c1-8(19)21-12-6-5-11(13(17)14(12)18)15(20)9-3-2-4-10(16)7-9/h2-7H,1H3. The van der Waals surface area contributed by atoms with Crippen LogP contribution in [0.5, 0.6) is 5.75 Å². The Kier molecular flexibility index (Phi) is 4.88. The van der Waals surface area contributed by atoms with Gasteiger partial charge in [-0.2, -0.15) is 0 Å². The van der Waals surface area contributed by atoms with Crippen molar-refractivity contribution in [3.8, 4) is 5.75 Å². The third-order valence-electron chi connectivity index (χ3n) is 2.63. The Balaban J connectivity index is 2.43. The number of hydrogen-bond donors (Lipinski definition) is 0. The van der Waals surface area contributed by atoms with Gasteiger partial charge in [0, 0.05) is 23.1 Å². The summed E-state index contributed by atoms with van der Waals surface area (Å²) in [6.07, 6.45) is 0. The smallest absolute Gasteiger partial charge is 0.308 e. The second-order valence-corrected chi connectivity index (χ2v) is 5.36. The first-order valence-electron chi connectivity index (χ1n) is 5.87. The number of ether oxygens (including phenoxy) is 1. The Bertz CT molecular complexity index is 726. The number of halogens is 3. The van der Waals surface area contributed by atoms with Gasteiger partial charge in [0.1, 0.15) is 5.02 Å². The van der Waals surface area contributed by atoms with Crippen molar-refractivity contribution >= 4 is 46.6 Å². The molecule has 0 aromatic heterocycles. The van der Waals surface area contributed by atoms with Gasteiger partial charge in [0.25, 0.3) is 0 Å². The lowest BCUT2D eigenvalue weighted by Gasteiger charge is -2.09. The second-order valence-electron chi connectivity index (χ2n) is 4.17. The molecule has 0 amide bonds. The molecule has 0 atom stereocenters. The van der Waals surface area contributed by atoms with Gasteiger partial charge < -0.3 is 4.74 Å². The SMILES string of the molecule is CC(=O)Oc1ccc(C(=O)c2cccc(Cl)c2)c(Cl)c1Cl. The molecule has 0 unspecified atom stereocenters. The van der Waals surface area contributed by atoms with Crippen LogP contribution in [-0.4, -0.2) is 11.8 Å². The lowest BCUT2D eigenvalue weighted by atomic mass is 10.0. The van der Waals surface area contributed by atoms with E-state index in [9.17, 15) is 9.59 Å². The van der Waals surface area contributed by atoms with E-state index in [1.807, 2.05) is 0 Å². The molecule has 0 heterocycles. The maximum atomic E-state index is 12.4. The Morgan fingerprint density at radius 2 is 1.71 bits per heavy atom. The third kappa shape index (κ3) is 3.56. The summed E-state index contributed by atoms with van der Waals surface area (Å²) in [6.45, 7) is 1.25. The van der Waals surface area contributed by atoms with E-state index >= 15 is 0 Å². The third-order valence-corrected chi connectivity index (χ3v) is 3.73. The van der Waals surface area contributed by atoms with Gasteiger partial charge in [-0.1, -0.05) is 46.9 Å². The number of esters is 1. The Labute approximate surface area is 136 Å². The zero-order valence-corrected chi connectivity index (χ0v) is 13.1. The molecular weight excluding hydrogens is 335 g/mol. The number of ketones is 1. The van der Waals surface area contributed by atoms with Crippen molar-refractivity contribution in [2.45, 2.75) is 6.92 Å². The molecule has 0 bridgehead atoms. The lowest BCUT2D eigenvalue weighted by molar-refractivity contribution is -0.131. The van der Waals surface area contributed by atoms with Crippen LogP contribution in [0.15, 0.2) is 36.4 Å². The summed E-state index contributed by atoms with van der Waals surface area (Å²) in [5, 5.41) is 0.486. The van der Waals surface area contributed by atoms with Crippen molar-refractivity contribution in [1.29, 1.82) is 0 Å². The van der Waals surface area contributed by atoms with E-state index in [0.717, 1.165) is 0 Å². The first kappa shape index (κ1) is 15.8. The van der Waals surface area contributed by atoms with E-state index < -0.39 is 5.97 Å². The van der Waals surface area contributed by atoms with Gasteiger partial charge in [-0.25, -0.2) is 0 Å². The molecule has 21 heavy (non-hydrogen) atoms. The van der Waals surface area contributed by atoms with Crippen molar-refractivity contribution in [3.63, 3.8) is 0 Å². The molecule has 0 spiro atoms. The highest BCUT2D eigenvalue weighted by atomic mass is 35.5. The predicted octanol–water partition coefficient (Wildman–Crippen LogP) is 4.80. The number of carbonyl (C=O) groups is 2. The second kappa shape index (κ2) is 6.48. The summed E-state index contributed by atoms with van der Waals surface area (Å²) >= 11 is 18.0. The molecular formula is C15H9Cl3O3. The number of rotatable bonds is 3. The summed E-state index contributed by atoms with van der Waals surface area (Å²) in [5.74, 6) is -0.738. The highest BCUT2D eigenvalue weighted by Gasteiger charge is 2.18. The van der Waals surface area contributed by atoms with Crippen molar-refractivity contribution in [2.24, 2.45) is 0 Å². The summed E-state index contributed by atoms with van der Waals surface area (Å²) in [5.41, 5.74) is 0.598. The van der Waals surface area contributed by atoms with Crippen molar-refractivity contribution in [3.05, 3.63) is 62.6 Å². The van der Waals surface area contributed by atoms with Crippen LogP contribution in [-0.2, 0) is 4.79 Å². The zero-order chi connectivity index (χ0) is 15.6. The highest BCUT2D eigenvalue weighted by Crippen LogP contribution is 2.35. The average molecular weight is 344 g/mol. The van der Waals surface area contributed by atoms with E-state index in [1.165, 1.54) is 25.1 Å². The van der Waals surface area contributed by atoms with Gasteiger partial charge in [0.05, 0.1) is 5.02 Å². The van der Waals surface area contributed by atoms with Crippen LogP contribution in [0.2, 0.25) is 15.1 Å². The van der Waals surface area contributed by atoms with Crippen LogP contribution in [0, 0.1) is 0 Å². The molecule has 108 valence electrons. The van der Waals surface area contributed by atoms with Gasteiger partial charge >= 0.3 is 5.97 Å². The first-order valence-corrected chi connectivity index (χ1v) is 7.00. The van der Waals surface area contributed by atoms with Crippen molar-refractivity contribution in [1.82, 2.24) is 0 Å². The van der Waals surface area contributed by atoms with Crippen LogP contribution in [0.4, 0.5) is 0 Å². The zero-order valence-electron chi connectivity index (χ0n) is 10.8. The Morgan fingerprint density at radius 1 is 1.00 bits per heavy atom. The van der Waals surface area contributed by atoms with Crippen LogP contribution in [0.3, 0.4) is 0 Å². The van der Waals surface area contributed by atoms with Crippen molar-refractivity contribution < 1.29 is 14.3 Å². The average Bonchev–Trinajstić information content (AvgIpc) is 2.43.